The van der Waals surface area contributed by atoms with E-state index < -0.39 is 12.0 Å². The molecule has 2 aromatic rings. The Balaban J connectivity index is 1.95. The number of aryl methyl sites for hydroxylation is 1. The van der Waals surface area contributed by atoms with E-state index in [2.05, 4.69) is 20.2 Å². The maximum Gasteiger partial charge on any atom is 0.451 e. The quantitative estimate of drug-likeness (QED) is 0.626. The molecule has 0 N–H and O–H groups in total. The lowest BCUT2D eigenvalue weighted by molar-refractivity contribution is -0.145. The monoisotopic (exact) mass is 327 g/mol. The van der Waals surface area contributed by atoms with Gasteiger partial charge in [-0.25, -0.2) is 9.97 Å². The first-order valence-corrected chi connectivity index (χ1v) is 6.84. The van der Waals surface area contributed by atoms with E-state index in [1.54, 1.807) is 4.68 Å². The van der Waals surface area contributed by atoms with E-state index in [9.17, 15) is 13.2 Å². The molecule has 0 fully saturated rings. The van der Waals surface area contributed by atoms with Gasteiger partial charge in [0.25, 0.3) is 0 Å². The van der Waals surface area contributed by atoms with Crippen molar-refractivity contribution in [2.45, 2.75) is 32.5 Å². The summed E-state index contributed by atoms with van der Waals surface area (Å²) >= 11 is 0. The molecule has 9 heteroatoms. The van der Waals surface area contributed by atoms with Crippen LogP contribution in [0.1, 0.15) is 42.4 Å². The highest BCUT2D eigenvalue weighted by molar-refractivity contribution is 5.80. The van der Waals surface area contributed by atoms with Gasteiger partial charge in [0.2, 0.25) is 5.82 Å². The molecule has 23 heavy (non-hydrogen) atoms. The largest absolute Gasteiger partial charge is 0.451 e. The van der Waals surface area contributed by atoms with Crippen molar-refractivity contribution in [3.8, 4) is 0 Å². The van der Waals surface area contributed by atoms with Crippen LogP contribution in [0.25, 0.3) is 0 Å². The standard InChI is InChI=1S/C14H16F3N5O/c1-9(2)12-11(7-22(3)21-12)6-20-23-8-10-4-18-13(19-5-10)14(15,16)17/h4-7,9H,8H2,1-3H3/b20-6+. The van der Waals surface area contributed by atoms with Crippen LogP contribution in [0, 0.1) is 0 Å². The van der Waals surface area contributed by atoms with Crippen LogP contribution in [0.4, 0.5) is 13.2 Å². The average molecular weight is 327 g/mol. The Morgan fingerprint density at radius 3 is 2.52 bits per heavy atom. The van der Waals surface area contributed by atoms with Gasteiger partial charge in [-0.3, -0.25) is 4.68 Å². The third kappa shape index (κ3) is 4.51. The highest BCUT2D eigenvalue weighted by atomic mass is 19.4. The van der Waals surface area contributed by atoms with Crippen molar-refractivity contribution in [1.82, 2.24) is 19.7 Å². The molecule has 0 bridgehead atoms. The van der Waals surface area contributed by atoms with Gasteiger partial charge in [0.15, 0.2) is 0 Å². The van der Waals surface area contributed by atoms with Crippen LogP contribution in [-0.2, 0) is 24.7 Å². The van der Waals surface area contributed by atoms with Crippen LogP contribution in [0.5, 0.6) is 0 Å². The van der Waals surface area contributed by atoms with Crippen molar-refractivity contribution in [2.24, 2.45) is 12.2 Å². The number of nitrogens with zero attached hydrogens (tertiary/aromatic N) is 5. The molecule has 0 aromatic carbocycles. The molecule has 2 aromatic heterocycles. The Kier molecular flexibility index (Phi) is 4.97. The Morgan fingerprint density at radius 2 is 1.96 bits per heavy atom. The molecule has 0 aliphatic rings. The molecule has 0 aliphatic carbocycles. The third-order valence-corrected chi connectivity index (χ3v) is 2.89. The summed E-state index contributed by atoms with van der Waals surface area (Å²) in [7, 11) is 1.81. The summed E-state index contributed by atoms with van der Waals surface area (Å²) in [6.07, 6.45) is 0.908. The lowest BCUT2D eigenvalue weighted by Crippen LogP contribution is -2.10. The average Bonchev–Trinajstić information content (AvgIpc) is 2.84. The highest BCUT2D eigenvalue weighted by Crippen LogP contribution is 2.25. The Morgan fingerprint density at radius 1 is 1.30 bits per heavy atom. The number of alkyl halides is 3. The van der Waals surface area contributed by atoms with Gasteiger partial charge in [-0.1, -0.05) is 19.0 Å². The molecule has 0 aliphatic heterocycles. The van der Waals surface area contributed by atoms with E-state index in [1.165, 1.54) is 6.21 Å². The molecule has 124 valence electrons. The predicted molar refractivity (Wildman–Crippen MR) is 76.7 cm³/mol. The molecular weight excluding hydrogens is 311 g/mol. The summed E-state index contributed by atoms with van der Waals surface area (Å²) in [5.41, 5.74) is 2.11. The normalized spacial score (nSPS) is 12.3. The first-order chi connectivity index (χ1) is 10.8. The topological polar surface area (TPSA) is 65.2 Å². The summed E-state index contributed by atoms with van der Waals surface area (Å²) in [5.74, 6) is -0.942. The van der Waals surface area contributed by atoms with E-state index in [0.29, 0.717) is 5.56 Å². The van der Waals surface area contributed by atoms with Crippen molar-refractivity contribution in [3.05, 3.63) is 41.2 Å². The van der Waals surface area contributed by atoms with Gasteiger partial charge >= 0.3 is 6.18 Å². The van der Waals surface area contributed by atoms with E-state index in [4.69, 9.17) is 4.84 Å². The zero-order chi connectivity index (χ0) is 17.0. The fourth-order valence-electron chi connectivity index (χ4n) is 1.85. The van der Waals surface area contributed by atoms with Crippen LogP contribution < -0.4 is 0 Å². The smallest absolute Gasteiger partial charge is 0.391 e. The molecule has 0 spiro atoms. The SMILES string of the molecule is CC(C)c1nn(C)cc1/C=N/OCc1cnc(C(F)(F)F)nc1. The van der Waals surface area contributed by atoms with Gasteiger partial charge in [0, 0.05) is 36.8 Å². The van der Waals surface area contributed by atoms with Crippen LogP contribution in [0.3, 0.4) is 0 Å². The molecule has 0 unspecified atom stereocenters. The summed E-state index contributed by atoms with van der Waals surface area (Å²) in [4.78, 5) is 11.6. The van der Waals surface area contributed by atoms with Crippen molar-refractivity contribution < 1.29 is 18.0 Å². The van der Waals surface area contributed by atoms with E-state index in [-0.39, 0.29) is 12.5 Å². The molecule has 0 atom stereocenters. The van der Waals surface area contributed by atoms with Crippen LogP contribution >= 0.6 is 0 Å². The second kappa shape index (κ2) is 6.76. The molecule has 0 radical (unpaired) electrons. The van der Waals surface area contributed by atoms with Crippen molar-refractivity contribution in [2.75, 3.05) is 0 Å². The van der Waals surface area contributed by atoms with Gasteiger partial charge in [-0.05, 0) is 5.92 Å². The Bertz CT molecular complexity index is 677. The maximum absolute atomic E-state index is 12.3. The number of hydrogen-bond donors (Lipinski definition) is 0. The van der Waals surface area contributed by atoms with Crippen molar-refractivity contribution >= 4 is 6.21 Å². The lowest BCUT2D eigenvalue weighted by atomic mass is 10.1. The van der Waals surface area contributed by atoms with Crippen LogP contribution in [0.2, 0.25) is 0 Å². The van der Waals surface area contributed by atoms with Crippen molar-refractivity contribution in [3.63, 3.8) is 0 Å². The number of aromatic nitrogens is 4. The third-order valence-electron chi connectivity index (χ3n) is 2.89. The van der Waals surface area contributed by atoms with Gasteiger partial charge in [0.05, 0.1) is 11.9 Å². The van der Waals surface area contributed by atoms with Gasteiger partial charge in [-0.2, -0.15) is 18.3 Å². The molecule has 6 nitrogen and oxygen atoms in total. The first kappa shape index (κ1) is 16.9. The first-order valence-electron chi connectivity index (χ1n) is 6.84. The van der Waals surface area contributed by atoms with Crippen LogP contribution in [0.15, 0.2) is 23.7 Å². The summed E-state index contributed by atoms with van der Waals surface area (Å²) in [6.45, 7) is 4.01. The summed E-state index contributed by atoms with van der Waals surface area (Å²) in [6, 6.07) is 0. The molecule has 2 heterocycles. The molecular formula is C14H16F3N5O. The highest BCUT2D eigenvalue weighted by Gasteiger charge is 2.34. The minimum atomic E-state index is -4.55. The fraction of sp³-hybridized carbons (Fsp3) is 0.429. The number of hydrogen-bond acceptors (Lipinski definition) is 5. The summed E-state index contributed by atoms with van der Waals surface area (Å²) < 4.78 is 38.7. The summed E-state index contributed by atoms with van der Waals surface area (Å²) in [5, 5.41) is 8.13. The molecule has 0 saturated carbocycles. The number of rotatable bonds is 5. The Labute approximate surface area is 131 Å². The van der Waals surface area contributed by atoms with E-state index in [0.717, 1.165) is 23.7 Å². The number of halogens is 3. The van der Waals surface area contributed by atoms with Gasteiger partial charge in [0.1, 0.15) is 6.61 Å². The number of oxime groups is 1. The molecule has 0 amide bonds. The lowest BCUT2D eigenvalue weighted by Gasteiger charge is -2.04. The second-order valence-electron chi connectivity index (χ2n) is 5.22. The van der Waals surface area contributed by atoms with Gasteiger partial charge in [-0.15, -0.1) is 0 Å². The minimum absolute atomic E-state index is 0.0219. The minimum Gasteiger partial charge on any atom is -0.391 e. The fourth-order valence-corrected chi connectivity index (χ4v) is 1.85. The van der Waals surface area contributed by atoms with Gasteiger partial charge < -0.3 is 4.84 Å². The van der Waals surface area contributed by atoms with E-state index in [1.807, 2.05) is 27.1 Å². The van der Waals surface area contributed by atoms with E-state index >= 15 is 0 Å². The maximum atomic E-state index is 12.3. The zero-order valence-electron chi connectivity index (χ0n) is 12.9. The molecule has 0 saturated heterocycles. The second-order valence-corrected chi connectivity index (χ2v) is 5.22. The van der Waals surface area contributed by atoms with Crippen molar-refractivity contribution in [1.29, 1.82) is 0 Å². The molecule has 2 rings (SSSR count). The predicted octanol–water partition coefficient (Wildman–Crippen LogP) is 2.90. The zero-order valence-corrected chi connectivity index (χ0v) is 12.9. The Hall–Kier alpha value is -2.45. The van der Waals surface area contributed by atoms with Crippen LogP contribution in [-0.4, -0.2) is 26.0 Å².